The highest BCUT2D eigenvalue weighted by Crippen LogP contribution is 2.44. The highest BCUT2D eigenvalue weighted by molar-refractivity contribution is 5.95. The van der Waals surface area contributed by atoms with Crippen molar-refractivity contribution in [2.24, 2.45) is 11.3 Å². The van der Waals surface area contributed by atoms with Gasteiger partial charge in [0.05, 0.1) is 11.1 Å². The number of likely N-dealkylation sites (tertiary alicyclic amines) is 1. The third-order valence-corrected chi connectivity index (χ3v) is 7.88. The Balaban J connectivity index is 1.30. The number of allylic oxidation sites excluding steroid dienone is 4. The Hall–Kier alpha value is -4.26. The number of carbonyl (C=O) groups is 2. The van der Waals surface area contributed by atoms with Gasteiger partial charge in [0.1, 0.15) is 11.6 Å². The number of para-hydroxylation sites is 1. The van der Waals surface area contributed by atoms with E-state index < -0.39 is 5.41 Å². The third-order valence-electron chi connectivity index (χ3n) is 7.88. The van der Waals surface area contributed by atoms with Crippen LogP contribution >= 0.6 is 0 Å². The molecule has 3 aromatic rings. The molecule has 1 atom stereocenters. The van der Waals surface area contributed by atoms with Gasteiger partial charge >= 0.3 is 0 Å². The summed E-state index contributed by atoms with van der Waals surface area (Å²) >= 11 is 0. The number of benzene rings is 3. The highest BCUT2D eigenvalue weighted by Gasteiger charge is 2.47. The number of piperidine rings is 1. The molecule has 3 aromatic carbocycles. The van der Waals surface area contributed by atoms with Crippen LogP contribution in [0.3, 0.4) is 0 Å². The molecule has 1 heterocycles. The summed E-state index contributed by atoms with van der Waals surface area (Å²) in [5.74, 6) is -0.985. The van der Waals surface area contributed by atoms with Gasteiger partial charge in [-0.3, -0.25) is 20.0 Å². The van der Waals surface area contributed by atoms with Gasteiger partial charge in [0.25, 0.3) is 5.91 Å². The second kappa shape index (κ2) is 11.2. The molecule has 5 nitrogen and oxygen atoms in total. The summed E-state index contributed by atoms with van der Waals surface area (Å²) in [6.45, 7) is 0.828. The Morgan fingerprint density at radius 3 is 2.10 bits per heavy atom. The van der Waals surface area contributed by atoms with Crippen molar-refractivity contribution < 1.29 is 18.4 Å². The topological polar surface area (TPSA) is 52.7 Å². The molecule has 1 fully saturated rings. The van der Waals surface area contributed by atoms with Crippen LogP contribution in [0.5, 0.6) is 0 Å². The van der Waals surface area contributed by atoms with Gasteiger partial charge in [-0.1, -0.05) is 48.5 Å². The van der Waals surface area contributed by atoms with E-state index in [1.54, 1.807) is 47.3 Å². The number of rotatable bonds is 6. The van der Waals surface area contributed by atoms with Crippen molar-refractivity contribution >= 4 is 17.5 Å². The van der Waals surface area contributed by atoms with E-state index in [4.69, 9.17) is 0 Å². The van der Waals surface area contributed by atoms with Crippen LogP contribution in [0.2, 0.25) is 0 Å². The number of hydrogen-bond acceptors (Lipinski definition) is 3. The molecule has 1 aliphatic heterocycles. The molecule has 1 saturated heterocycles. The first kappa shape index (κ1) is 26.4. The molecule has 200 valence electrons. The molecular weight excluding hydrogens is 496 g/mol. The number of hydrazine groups is 1. The molecule has 2 aliphatic rings. The van der Waals surface area contributed by atoms with E-state index in [-0.39, 0.29) is 29.4 Å². The molecule has 0 bridgehead atoms. The zero-order valence-corrected chi connectivity index (χ0v) is 21.8. The number of anilines is 1. The maximum Gasteiger partial charge on any atom is 0.253 e. The number of nitrogens with zero attached hydrogens (tertiary/aromatic N) is 2. The predicted octanol–water partition coefficient (Wildman–Crippen LogP) is 6.31. The quantitative estimate of drug-likeness (QED) is 0.382. The summed E-state index contributed by atoms with van der Waals surface area (Å²) in [4.78, 5) is 28.9. The van der Waals surface area contributed by atoms with Gasteiger partial charge in [0, 0.05) is 25.7 Å². The monoisotopic (exact) mass is 527 g/mol. The van der Waals surface area contributed by atoms with Crippen LogP contribution in [0.15, 0.2) is 103 Å². The molecule has 39 heavy (non-hydrogen) atoms. The van der Waals surface area contributed by atoms with Crippen LogP contribution in [-0.4, -0.2) is 36.9 Å². The highest BCUT2D eigenvalue weighted by atomic mass is 19.1. The summed E-state index contributed by atoms with van der Waals surface area (Å²) in [6, 6.07) is 23.0. The molecule has 0 aromatic heterocycles. The molecule has 5 rings (SSSR count). The van der Waals surface area contributed by atoms with E-state index in [2.05, 4.69) is 5.43 Å². The van der Waals surface area contributed by atoms with Gasteiger partial charge in [-0.25, -0.2) is 8.78 Å². The summed E-state index contributed by atoms with van der Waals surface area (Å²) in [6.07, 6.45) is 6.12. The minimum atomic E-state index is -0.778. The molecule has 0 radical (unpaired) electrons. The van der Waals surface area contributed by atoms with Gasteiger partial charge in [-0.05, 0) is 84.9 Å². The average Bonchev–Trinajstić information content (AvgIpc) is 2.98. The van der Waals surface area contributed by atoms with Crippen LogP contribution in [0.4, 0.5) is 14.5 Å². The van der Waals surface area contributed by atoms with Gasteiger partial charge in [0.2, 0.25) is 5.91 Å². The molecular formula is C32H31F2N3O2. The van der Waals surface area contributed by atoms with Crippen molar-refractivity contribution in [2.75, 3.05) is 25.1 Å². The first-order chi connectivity index (χ1) is 18.9. The lowest BCUT2D eigenvalue weighted by molar-refractivity contribution is -0.136. The van der Waals surface area contributed by atoms with E-state index in [1.807, 2.05) is 42.5 Å². The smallest absolute Gasteiger partial charge is 0.253 e. The maximum absolute atomic E-state index is 13.8. The molecule has 1 N–H and O–H groups in total. The number of amides is 2. The first-order valence-electron chi connectivity index (χ1n) is 13.1. The lowest BCUT2D eigenvalue weighted by Gasteiger charge is -2.45. The van der Waals surface area contributed by atoms with Gasteiger partial charge in [-0.15, -0.1) is 0 Å². The number of carbonyl (C=O) groups excluding carboxylic acids is 2. The fraction of sp³-hybridized carbons (Fsp3) is 0.250. The van der Waals surface area contributed by atoms with Crippen LogP contribution in [0.25, 0.3) is 11.1 Å². The Morgan fingerprint density at radius 1 is 0.897 bits per heavy atom. The summed E-state index contributed by atoms with van der Waals surface area (Å²) < 4.78 is 27.0. The SMILES string of the molecule is CN(NC(=O)C1(C2C=CC(F)=CC2)CCN(C(=O)c2ccc(-c3ccc(F)cc3)cc2)CC1)c1ccccc1. The molecule has 7 heteroatoms. The van der Waals surface area contributed by atoms with E-state index in [0.717, 1.165) is 16.8 Å². The van der Waals surface area contributed by atoms with Crippen LogP contribution in [-0.2, 0) is 4.79 Å². The molecule has 1 aliphatic carbocycles. The Labute approximate surface area is 227 Å². The van der Waals surface area contributed by atoms with Crippen LogP contribution in [0.1, 0.15) is 29.6 Å². The van der Waals surface area contributed by atoms with Gasteiger partial charge in [-0.2, -0.15) is 0 Å². The third kappa shape index (κ3) is 5.62. The minimum absolute atomic E-state index is 0.0961. The fourth-order valence-electron chi connectivity index (χ4n) is 5.49. The zero-order valence-electron chi connectivity index (χ0n) is 21.8. The maximum atomic E-state index is 13.8. The van der Waals surface area contributed by atoms with Crippen molar-refractivity contribution in [3.63, 3.8) is 0 Å². The largest absolute Gasteiger partial charge is 0.339 e. The lowest BCUT2D eigenvalue weighted by atomic mass is 9.66. The summed E-state index contributed by atoms with van der Waals surface area (Å²) in [5.41, 5.74) is 5.43. The second-order valence-corrected chi connectivity index (χ2v) is 10.2. The van der Waals surface area contributed by atoms with Crippen molar-refractivity contribution in [3.8, 4) is 11.1 Å². The van der Waals surface area contributed by atoms with E-state index >= 15 is 0 Å². The fourth-order valence-corrected chi connectivity index (χ4v) is 5.49. The lowest BCUT2D eigenvalue weighted by Crippen LogP contribution is -2.56. The first-order valence-corrected chi connectivity index (χ1v) is 13.1. The Morgan fingerprint density at radius 2 is 1.51 bits per heavy atom. The molecule has 1 unspecified atom stereocenters. The minimum Gasteiger partial charge on any atom is -0.339 e. The van der Waals surface area contributed by atoms with Gasteiger partial charge < -0.3 is 4.90 Å². The van der Waals surface area contributed by atoms with E-state index in [9.17, 15) is 18.4 Å². The molecule has 0 spiro atoms. The Kier molecular flexibility index (Phi) is 7.59. The summed E-state index contributed by atoms with van der Waals surface area (Å²) in [7, 11) is 1.80. The number of halogens is 2. The van der Waals surface area contributed by atoms with Gasteiger partial charge in [0.15, 0.2) is 0 Å². The van der Waals surface area contributed by atoms with Crippen molar-refractivity contribution in [1.29, 1.82) is 0 Å². The molecule has 2 amide bonds. The van der Waals surface area contributed by atoms with Crippen LogP contribution in [0, 0.1) is 17.2 Å². The second-order valence-electron chi connectivity index (χ2n) is 10.2. The summed E-state index contributed by atoms with van der Waals surface area (Å²) in [5, 5.41) is 1.70. The number of nitrogens with one attached hydrogen (secondary N) is 1. The number of hydrogen-bond donors (Lipinski definition) is 1. The van der Waals surface area contributed by atoms with Crippen molar-refractivity contribution in [1.82, 2.24) is 10.3 Å². The average molecular weight is 528 g/mol. The Bertz CT molecular complexity index is 1380. The van der Waals surface area contributed by atoms with Crippen LogP contribution < -0.4 is 10.4 Å². The van der Waals surface area contributed by atoms with E-state index in [1.165, 1.54) is 24.3 Å². The normalized spacial score (nSPS) is 18.3. The van der Waals surface area contributed by atoms with Crippen molar-refractivity contribution in [2.45, 2.75) is 19.3 Å². The molecule has 0 saturated carbocycles. The van der Waals surface area contributed by atoms with Crippen molar-refractivity contribution in [3.05, 3.63) is 114 Å². The standard InChI is InChI=1S/C32H31F2N3O2/c1-36(29-5-3-2-4-6-29)35-31(39)32(26-13-17-28(34)18-14-26)19-21-37(22-20-32)30(38)25-9-7-23(8-10-25)24-11-15-27(33)16-12-24/h2-13,15-18,26H,14,19-22H2,1H3,(H,35,39). The predicted molar refractivity (Wildman–Crippen MR) is 149 cm³/mol. The zero-order chi connectivity index (χ0) is 27.4. The van der Waals surface area contributed by atoms with E-state index in [0.29, 0.717) is 37.9 Å².